The molecule has 2 aromatic rings. The molecule has 1 heterocycles. The van der Waals surface area contributed by atoms with E-state index in [-0.39, 0.29) is 17.4 Å². The molecule has 1 aliphatic rings. The monoisotopic (exact) mass is 439 g/mol. The topological polar surface area (TPSA) is 85.3 Å². The summed E-state index contributed by atoms with van der Waals surface area (Å²) in [6.07, 6.45) is 0.630. The Morgan fingerprint density at radius 2 is 1.81 bits per heavy atom. The summed E-state index contributed by atoms with van der Waals surface area (Å²) in [5, 5.41) is 11.2. The highest BCUT2D eigenvalue weighted by Crippen LogP contribution is 2.41. The molecule has 2 aromatic carbocycles. The van der Waals surface area contributed by atoms with Crippen LogP contribution in [-0.2, 0) is 14.3 Å². The van der Waals surface area contributed by atoms with Crippen molar-refractivity contribution in [1.82, 2.24) is 4.90 Å². The summed E-state index contributed by atoms with van der Waals surface area (Å²) in [5.74, 6) is -0.654. The Labute approximate surface area is 188 Å². The van der Waals surface area contributed by atoms with Gasteiger partial charge in [-0.2, -0.15) is 0 Å². The highest BCUT2D eigenvalue weighted by atomic mass is 16.5. The van der Waals surface area contributed by atoms with Crippen molar-refractivity contribution in [2.75, 3.05) is 27.4 Å². The zero-order chi connectivity index (χ0) is 23.3. The van der Waals surface area contributed by atoms with Crippen LogP contribution in [0.25, 0.3) is 5.76 Å². The lowest BCUT2D eigenvalue weighted by atomic mass is 9.95. The number of ketones is 1. The zero-order valence-electron chi connectivity index (χ0n) is 18.8. The average Bonchev–Trinajstić information content (AvgIpc) is 3.06. The molecule has 0 saturated carbocycles. The van der Waals surface area contributed by atoms with E-state index in [2.05, 4.69) is 0 Å². The van der Waals surface area contributed by atoms with Crippen molar-refractivity contribution in [2.45, 2.75) is 32.4 Å². The molecule has 3 rings (SSSR count). The largest absolute Gasteiger partial charge is 0.507 e. The highest BCUT2D eigenvalue weighted by Gasteiger charge is 2.46. The third-order valence-electron chi connectivity index (χ3n) is 5.31. The number of carbonyl (C=O) groups excluding carboxylic acids is 2. The number of para-hydroxylation sites is 1. The fraction of sp³-hybridized carbons (Fsp3) is 0.360. The molecule has 0 radical (unpaired) electrons. The van der Waals surface area contributed by atoms with E-state index in [1.165, 1.54) is 12.0 Å². The number of hydrogen-bond donors (Lipinski definition) is 1. The molecule has 7 heteroatoms. The summed E-state index contributed by atoms with van der Waals surface area (Å²) in [6.45, 7) is 4.64. The molecule has 32 heavy (non-hydrogen) atoms. The Kier molecular flexibility index (Phi) is 7.53. The van der Waals surface area contributed by atoms with Gasteiger partial charge in [0.05, 0.1) is 37.5 Å². The van der Waals surface area contributed by atoms with E-state index < -0.39 is 17.7 Å². The van der Waals surface area contributed by atoms with Gasteiger partial charge < -0.3 is 24.2 Å². The SMILES string of the molecule is COc1cccc(C2/C(=C(/O)c3ccccc3OC)C(=O)C(=O)N2CCCOC(C)C)c1. The van der Waals surface area contributed by atoms with E-state index in [0.29, 0.717) is 42.2 Å². The fourth-order valence-electron chi connectivity index (χ4n) is 3.81. The third-order valence-corrected chi connectivity index (χ3v) is 5.31. The molecule has 170 valence electrons. The highest BCUT2D eigenvalue weighted by molar-refractivity contribution is 6.46. The van der Waals surface area contributed by atoms with Gasteiger partial charge in [0.15, 0.2) is 0 Å². The number of likely N-dealkylation sites (tertiary alicyclic amines) is 1. The van der Waals surface area contributed by atoms with E-state index in [0.717, 1.165) is 0 Å². The van der Waals surface area contributed by atoms with Crippen LogP contribution in [0.2, 0.25) is 0 Å². The second-order valence-corrected chi connectivity index (χ2v) is 7.74. The zero-order valence-corrected chi connectivity index (χ0v) is 18.8. The molecule has 0 bridgehead atoms. The molecular weight excluding hydrogens is 410 g/mol. The molecule has 0 aliphatic carbocycles. The molecule has 1 fully saturated rings. The summed E-state index contributed by atoms with van der Waals surface area (Å²) in [5.41, 5.74) is 1.05. The second-order valence-electron chi connectivity index (χ2n) is 7.74. The van der Waals surface area contributed by atoms with Gasteiger partial charge in [0.25, 0.3) is 11.7 Å². The van der Waals surface area contributed by atoms with Gasteiger partial charge in [-0.1, -0.05) is 24.3 Å². The van der Waals surface area contributed by atoms with Crippen LogP contribution in [0.1, 0.15) is 37.4 Å². The second kappa shape index (κ2) is 10.3. The number of Topliss-reactive ketones (excluding diaryl/α,β-unsaturated/α-hetero) is 1. The number of methoxy groups -OCH3 is 2. The van der Waals surface area contributed by atoms with E-state index in [1.807, 2.05) is 19.9 Å². The van der Waals surface area contributed by atoms with Crippen LogP contribution in [0.4, 0.5) is 0 Å². The Hall–Kier alpha value is -3.32. The maximum Gasteiger partial charge on any atom is 0.295 e. The Balaban J connectivity index is 2.09. The van der Waals surface area contributed by atoms with Crippen LogP contribution in [-0.4, -0.2) is 55.2 Å². The van der Waals surface area contributed by atoms with Crippen LogP contribution in [0, 0.1) is 0 Å². The van der Waals surface area contributed by atoms with Crippen molar-refractivity contribution in [1.29, 1.82) is 0 Å². The number of ether oxygens (including phenoxy) is 3. The lowest BCUT2D eigenvalue weighted by Gasteiger charge is -2.26. The van der Waals surface area contributed by atoms with E-state index >= 15 is 0 Å². The van der Waals surface area contributed by atoms with Crippen LogP contribution in [0.15, 0.2) is 54.1 Å². The standard InChI is InChI=1S/C25H29NO6/c1-16(2)32-14-8-13-26-22(17-9-7-10-18(15-17)30-3)21(24(28)25(26)29)23(27)19-11-5-6-12-20(19)31-4/h5-7,9-12,15-16,22,27H,8,13-14H2,1-4H3/b23-21-. The van der Waals surface area contributed by atoms with Gasteiger partial charge in [0.1, 0.15) is 17.3 Å². The van der Waals surface area contributed by atoms with Gasteiger partial charge in [-0.3, -0.25) is 9.59 Å². The first-order chi connectivity index (χ1) is 15.4. The van der Waals surface area contributed by atoms with Crippen molar-refractivity contribution in [3.05, 3.63) is 65.2 Å². The van der Waals surface area contributed by atoms with E-state index in [4.69, 9.17) is 14.2 Å². The molecule has 1 amide bonds. The number of carbonyl (C=O) groups is 2. The van der Waals surface area contributed by atoms with Gasteiger partial charge in [0.2, 0.25) is 0 Å². The van der Waals surface area contributed by atoms with Crippen LogP contribution < -0.4 is 9.47 Å². The van der Waals surface area contributed by atoms with Crippen LogP contribution >= 0.6 is 0 Å². The van der Waals surface area contributed by atoms with Gasteiger partial charge >= 0.3 is 0 Å². The normalized spacial score (nSPS) is 17.8. The fourth-order valence-corrected chi connectivity index (χ4v) is 3.81. The number of benzene rings is 2. The van der Waals surface area contributed by atoms with Crippen molar-refractivity contribution >= 4 is 17.4 Å². The molecule has 1 atom stereocenters. The van der Waals surface area contributed by atoms with Crippen LogP contribution in [0.3, 0.4) is 0 Å². The Bertz CT molecular complexity index is 1010. The first-order valence-corrected chi connectivity index (χ1v) is 10.6. The number of nitrogens with zero attached hydrogens (tertiary/aromatic N) is 1. The first kappa shape index (κ1) is 23.3. The van der Waals surface area contributed by atoms with Gasteiger partial charge in [-0.15, -0.1) is 0 Å². The lowest BCUT2D eigenvalue weighted by molar-refractivity contribution is -0.140. The van der Waals surface area contributed by atoms with Crippen LogP contribution in [0.5, 0.6) is 11.5 Å². The molecular formula is C25H29NO6. The van der Waals surface area contributed by atoms with Crippen molar-refractivity contribution in [2.24, 2.45) is 0 Å². The summed E-state index contributed by atoms with van der Waals surface area (Å²) < 4.78 is 16.3. The van der Waals surface area contributed by atoms with Crippen molar-refractivity contribution in [3.63, 3.8) is 0 Å². The van der Waals surface area contributed by atoms with E-state index in [1.54, 1.807) is 49.6 Å². The molecule has 1 unspecified atom stereocenters. The quantitative estimate of drug-likeness (QED) is 0.276. The molecule has 0 aromatic heterocycles. The van der Waals surface area contributed by atoms with Crippen molar-refractivity contribution in [3.8, 4) is 11.5 Å². The lowest BCUT2D eigenvalue weighted by Crippen LogP contribution is -2.31. The Morgan fingerprint density at radius 1 is 1.06 bits per heavy atom. The molecule has 1 saturated heterocycles. The molecule has 1 N–H and O–H groups in total. The summed E-state index contributed by atoms with van der Waals surface area (Å²) in [4.78, 5) is 27.6. The smallest absolute Gasteiger partial charge is 0.295 e. The first-order valence-electron chi connectivity index (χ1n) is 10.6. The minimum atomic E-state index is -0.755. The van der Waals surface area contributed by atoms with Crippen molar-refractivity contribution < 1.29 is 28.9 Å². The number of amides is 1. The number of aliphatic hydroxyl groups is 1. The van der Waals surface area contributed by atoms with E-state index in [9.17, 15) is 14.7 Å². The average molecular weight is 440 g/mol. The minimum absolute atomic E-state index is 0.0255. The molecule has 7 nitrogen and oxygen atoms in total. The van der Waals surface area contributed by atoms with Gasteiger partial charge in [-0.05, 0) is 50.1 Å². The van der Waals surface area contributed by atoms with Gasteiger partial charge in [0, 0.05) is 13.2 Å². The number of hydrogen-bond acceptors (Lipinski definition) is 6. The third kappa shape index (κ3) is 4.78. The minimum Gasteiger partial charge on any atom is -0.507 e. The predicted molar refractivity (Wildman–Crippen MR) is 121 cm³/mol. The maximum atomic E-state index is 13.1. The number of aliphatic hydroxyl groups excluding tert-OH is 1. The number of rotatable bonds is 9. The molecule has 0 spiro atoms. The summed E-state index contributed by atoms with van der Waals surface area (Å²) in [7, 11) is 3.03. The van der Waals surface area contributed by atoms with Gasteiger partial charge in [-0.25, -0.2) is 0 Å². The predicted octanol–water partition coefficient (Wildman–Crippen LogP) is 3.94. The summed E-state index contributed by atoms with van der Waals surface area (Å²) in [6, 6.07) is 13.2. The molecule has 1 aliphatic heterocycles. The summed E-state index contributed by atoms with van der Waals surface area (Å²) >= 11 is 0. The maximum absolute atomic E-state index is 13.1. The Morgan fingerprint density at radius 3 is 2.50 bits per heavy atom.